The predicted molar refractivity (Wildman–Crippen MR) is 112 cm³/mol. The van der Waals surface area contributed by atoms with E-state index in [0.29, 0.717) is 11.5 Å². The van der Waals surface area contributed by atoms with E-state index >= 15 is 0 Å². The smallest absolute Gasteiger partial charge is 0.247 e. The van der Waals surface area contributed by atoms with Crippen LogP contribution in [0.3, 0.4) is 0 Å². The molecule has 0 N–H and O–H groups in total. The van der Waals surface area contributed by atoms with E-state index < -0.39 is 0 Å². The number of nitrogens with zero attached hydrogens (tertiary/aromatic N) is 2. The van der Waals surface area contributed by atoms with Crippen molar-refractivity contribution in [2.24, 2.45) is 0 Å². The quantitative estimate of drug-likeness (QED) is 0.589. The summed E-state index contributed by atoms with van der Waals surface area (Å²) < 4.78 is 11.7. The molecule has 4 rings (SSSR count). The molecule has 1 fully saturated rings. The summed E-state index contributed by atoms with van der Waals surface area (Å²) >= 11 is 1.68. The molecule has 0 radical (unpaired) electrons. The van der Waals surface area contributed by atoms with Crippen molar-refractivity contribution in [3.63, 3.8) is 0 Å². The Balaban J connectivity index is 1.53. The number of amides is 1. The summed E-state index contributed by atoms with van der Waals surface area (Å²) in [7, 11) is 3.20. The van der Waals surface area contributed by atoms with Crippen LogP contribution in [0.15, 0.2) is 48.5 Å². The fourth-order valence-corrected chi connectivity index (χ4v) is 4.65. The van der Waals surface area contributed by atoms with Crippen LogP contribution in [-0.4, -0.2) is 36.6 Å². The molecule has 1 unspecified atom stereocenters. The van der Waals surface area contributed by atoms with Crippen LogP contribution in [0.2, 0.25) is 0 Å². The highest BCUT2D eigenvalue weighted by atomic mass is 32.1. The lowest BCUT2D eigenvalue weighted by Crippen LogP contribution is -2.28. The minimum Gasteiger partial charge on any atom is -0.493 e. The van der Waals surface area contributed by atoms with Gasteiger partial charge in [-0.25, -0.2) is 4.98 Å². The van der Waals surface area contributed by atoms with E-state index in [-0.39, 0.29) is 11.9 Å². The lowest BCUT2D eigenvalue weighted by atomic mass is 10.2. The largest absolute Gasteiger partial charge is 0.493 e. The van der Waals surface area contributed by atoms with Crippen molar-refractivity contribution in [1.29, 1.82) is 0 Å². The van der Waals surface area contributed by atoms with Crippen molar-refractivity contribution < 1.29 is 14.3 Å². The molecule has 1 atom stereocenters. The van der Waals surface area contributed by atoms with Crippen molar-refractivity contribution >= 4 is 33.5 Å². The van der Waals surface area contributed by atoms with Crippen LogP contribution in [0.1, 0.15) is 29.5 Å². The Morgan fingerprint density at radius 2 is 2.00 bits per heavy atom. The van der Waals surface area contributed by atoms with Gasteiger partial charge in [0.25, 0.3) is 0 Å². The third-order valence-electron chi connectivity index (χ3n) is 4.96. The second kappa shape index (κ2) is 8.02. The van der Waals surface area contributed by atoms with Crippen molar-refractivity contribution in [2.45, 2.75) is 18.9 Å². The highest BCUT2D eigenvalue weighted by Crippen LogP contribution is 2.36. The molecule has 1 saturated heterocycles. The molecule has 1 aliphatic rings. The number of carbonyl (C=O) groups is 1. The number of aromatic nitrogens is 1. The van der Waals surface area contributed by atoms with Crippen LogP contribution in [0.4, 0.5) is 0 Å². The van der Waals surface area contributed by atoms with Gasteiger partial charge >= 0.3 is 0 Å². The minimum atomic E-state index is 0.0107. The number of hydrogen-bond acceptors (Lipinski definition) is 5. The molecule has 3 aromatic rings. The maximum atomic E-state index is 12.9. The van der Waals surface area contributed by atoms with E-state index in [4.69, 9.17) is 14.5 Å². The molecule has 5 nitrogen and oxygen atoms in total. The maximum Gasteiger partial charge on any atom is 0.247 e. The average molecular weight is 394 g/mol. The van der Waals surface area contributed by atoms with E-state index in [1.807, 2.05) is 47.4 Å². The van der Waals surface area contributed by atoms with Gasteiger partial charge in [0.1, 0.15) is 5.01 Å². The third-order valence-corrected chi connectivity index (χ3v) is 6.09. The summed E-state index contributed by atoms with van der Waals surface area (Å²) in [5, 5.41) is 1.02. The van der Waals surface area contributed by atoms with Gasteiger partial charge in [-0.2, -0.15) is 0 Å². The van der Waals surface area contributed by atoms with Crippen molar-refractivity contribution in [3.05, 3.63) is 59.1 Å². The number of para-hydroxylation sites is 1. The molecule has 2 aromatic carbocycles. The van der Waals surface area contributed by atoms with Crippen LogP contribution < -0.4 is 9.47 Å². The molecular formula is C22H22N2O3S. The first-order valence-electron chi connectivity index (χ1n) is 9.26. The number of fused-ring (bicyclic) bond motifs is 1. The van der Waals surface area contributed by atoms with Crippen LogP contribution >= 0.6 is 11.3 Å². The highest BCUT2D eigenvalue weighted by molar-refractivity contribution is 7.18. The number of methoxy groups -OCH3 is 2. The Labute approximate surface area is 168 Å². The molecule has 0 spiro atoms. The molecule has 0 aliphatic carbocycles. The Bertz CT molecular complexity index is 995. The summed E-state index contributed by atoms with van der Waals surface area (Å²) in [5.74, 6) is 1.32. The Morgan fingerprint density at radius 3 is 2.79 bits per heavy atom. The van der Waals surface area contributed by atoms with Crippen LogP contribution in [0, 0.1) is 0 Å². The summed E-state index contributed by atoms with van der Waals surface area (Å²) in [6.07, 6.45) is 5.40. The standard InChI is InChI=1S/C22H22N2O3S/c1-26-18-11-9-15(14-19(18)27-2)10-12-21(25)24-13-5-7-17(24)22-23-16-6-3-4-8-20(16)28-22/h3-4,6,8-12,14,17H,5,7,13H2,1-2H3/b12-10+. The predicted octanol–water partition coefficient (Wildman–Crippen LogP) is 4.69. The van der Waals surface area contributed by atoms with Gasteiger partial charge in [0, 0.05) is 12.6 Å². The Morgan fingerprint density at radius 1 is 1.18 bits per heavy atom. The second-order valence-electron chi connectivity index (χ2n) is 6.66. The van der Waals surface area contributed by atoms with Gasteiger partial charge < -0.3 is 14.4 Å². The number of rotatable bonds is 5. The maximum absolute atomic E-state index is 12.9. The zero-order chi connectivity index (χ0) is 19.5. The second-order valence-corrected chi connectivity index (χ2v) is 7.72. The topological polar surface area (TPSA) is 51.7 Å². The normalized spacial score (nSPS) is 16.8. The van der Waals surface area contributed by atoms with Gasteiger partial charge in [-0.1, -0.05) is 18.2 Å². The first-order valence-corrected chi connectivity index (χ1v) is 10.1. The van der Waals surface area contributed by atoms with Crippen molar-refractivity contribution in [3.8, 4) is 11.5 Å². The van der Waals surface area contributed by atoms with E-state index in [1.165, 1.54) is 0 Å². The van der Waals surface area contributed by atoms with E-state index in [0.717, 1.165) is 40.2 Å². The molecule has 6 heteroatoms. The van der Waals surface area contributed by atoms with E-state index in [9.17, 15) is 4.79 Å². The summed E-state index contributed by atoms with van der Waals surface area (Å²) in [6.45, 7) is 0.760. The molecular weight excluding hydrogens is 372 g/mol. The fraction of sp³-hybridized carbons (Fsp3) is 0.273. The van der Waals surface area contributed by atoms with Gasteiger partial charge in [0.2, 0.25) is 5.91 Å². The molecule has 2 heterocycles. The molecule has 144 valence electrons. The van der Waals surface area contributed by atoms with Crippen molar-refractivity contribution in [2.75, 3.05) is 20.8 Å². The van der Waals surface area contributed by atoms with Gasteiger partial charge in [0.05, 0.1) is 30.5 Å². The monoisotopic (exact) mass is 394 g/mol. The lowest BCUT2D eigenvalue weighted by Gasteiger charge is -2.21. The molecule has 1 amide bonds. The number of thiazole rings is 1. The SMILES string of the molecule is COc1ccc(/C=C/C(=O)N2CCCC2c2nc3ccccc3s2)cc1OC. The third kappa shape index (κ3) is 3.60. The lowest BCUT2D eigenvalue weighted by molar-refractivity contribution is -0.126. The summed E-state index contributed by atoms with van der Waals surface area (Å²) in [4.78, 5) is 19.5. The zero-order valence-corrected chi connectivity index (χ0v) is 16.7. The van der Waals surface area contributed by atoms with E-state index in [2.05, 4.69) is 6.07 Å². The zero-order valence-electron chi connectivity index (χ0n) is 15.9. The van der Waals surface area contributed by atoms with Crippen LogP contribution in [0.5, 0.6) is 11.5 Å². The molecule has 28 heavy (non-hydrogen) atoms. The van der Waals surface area contributed by atoms with Gasteiger partial charge in [-0.3, -0.25) is 4.79 Å². The Hall–Kier alpha value is -2.86. The number of likely N-dealkylation sites (tertiary alicyclic amines) is 1. The van der Waals surface area contributed by atoms with E-state index in [1.54, 1.807) is 31.6 Å². The summed E-state index contributed by atoms with van der Waals surface area (Å²) in [5.41, 5.74) is 1.89. The first-order chi connectivity index (χ1) is 13.7. The number of benzene rings is 2. The number of carbonyl (C=O) groups excluding carboxylic acids is 1. The highest BCUT2D eigenvalue weighted by Gasteiger charge is 2.31. The molecule has 1 aliphatic heterocycles. The van der Waals surface area contributed by atoms with Gasteiger partial charge in [0.15, 0.2) is 11.5 Å². The summed E-state index contributed by atoms with van der Waals surface area (Å²) in [6, 6.07) is 13.8. The molecule has 0 saturated carbocycles. The van der Waals surface area contributed by atoms with Crippen LogP contribution in [-0.2, 0) is 4.79 Å². The molecule has 1 aromatic heterocycles. The molecule has 0 bridgehead atoms. The minimum absolute atomic E-state index is 0.0107. The van der Waals surface area contributed by atoms with Gasteiger partial charge in [-0.15, -0.1) is 11.3 Å². The average Bonchev–Trinajstić information content (AvgIpc) is 3.38. The number of hydrogen-bond donors (Lipinski definition) is 0. The van der Waals surface area contributed by atoms with Crippen molar-refractivity contribution in [1.82, 2.24) is 9.88 Å². The van der Waals surface area contributed by atoms with Crippen LogP contribution in [0.25, 0.3) is 16.3 Å². The van der Waals surface area contributed by atoms with Gasteiger partial charge in [-0.05, 0) is 48.7 Å². The number of ether oxygens (including phenoxy) is 2. The fourth-order valence-electron chi connectivity index (χ4n) is 3.54. The first kappa shape index (κ1) is 18.5. The Kier molecular flexibility index (Phi) is 5.30.